The average molecular weight is 308 g/mol. The van der Waals surface area contributed by atoms with E-state index in [1.54, 1.807) is 10.5 Å². The molecule has 21 heavy (non-hydrogen) atoms. The van der Waals surface area contributed by atoms with Crippen LogP contribution in [0.3, 0.4) is 0 Å². The van der Waals surface area contributed by atoms with E-state index in [1.807, 2.05) is 35.9 Å². The Balaban J connectivity index is 1.98. The predicted octanol–water partition coefficient (Wildman–Crippen LogP) is 1.57. The van der Waals surface area contributed by atoms with Gasteiger partial charge >= 0.3 is 0 Å². The van der Waals surface area contributed by atoms with Gasteiger partial charge in [0.25, 0.3) is 0 Å². The van der Waals surface area contributed by atoms with Crippen LogP contribution in [0.4, 0.5) is 0 Å². The molecule has 0 saturated carbocycles. The quantitative estimate of drug-likeness (QED) is 0.936. The number of sulfonamides is 1. The summed E-state index contributed by atoms with van der Waals surface area (Å²) in [5.74, 6) is 0.226. The largest absolute Gasteiger partial charge is 0.396 e. The molecule has 1 saturated heterocycles. The van der Waals surface area contributed by atoms with Crippen molar-refractivity contribution >= 4 is 20.9 Å². The first-order chi connectivity index (χ1) is 10.0. The second-order valence-corrected chi connectivity index (χ2v) is 7.56. The molecule has 2 aromatic rings. The Morgan fingerprint density at radius 1 is 1.24 bits per heavy atom. The van der Waals surface area contributed by atoms with Gasteiger partial charge in [0.2, 0.25) is 10.0 Å². The Labute approximate surface area is 124 Å². The van der Waals surface area contributed by atoms with Crippen molar-refractivity contribution in [2.24, 2.45) is 13.0 Å². The zero-order chi connectivity index (χ0) is 15.0. The molecule has 0 radical (unpaired) electrons. The summed E-state index contributed by atoms with van der Waals surface area (Å²) in [6, 6.07) is 7.54. The van der Waals surface area contributed by atoms with Crippen molar-refractivity contribution in [3.8, 4) is 0 Å². The molecule has 0 atom stereocenters. The predicted molar refractivity (Wildman–Crippen MR) is 81.5 cm³/mol. The zero-order valence-corrected chi connectivity index (χ0v) is 12.9. The summed E-state index contributed by atoms with van der Waals surface area (Å²) in [5.41, 5.74) is 0.918. The SMILES string of the molecule is Cn1cc(S(=O)(=O)N2CCC(CO)CC2)c2ccccc21. The van der Waals surface area contributed by atoms with Crippen LogP contribution >= 0.6 is 0 Å². The summed E-state index contributed by atoms with van der Waals surface area (Å²) in [4.78, 5) is 0.378. The summed E-state index contributed by atoms with van der Waals surface area (Å²) in [6.45, 7) is 1.11. The van der Waals surface area contributed by atoms with Gasteiger partial charge in [0.1, 0.15) is 4.90 Å². The first-order valence-electron chi connectivity index (χ1n) is 7.19. The molecule has 3 rings (SSSR count). The number of aromatic nitrogens is 1. The maximum atomic E-state index is 12.9. The van der Waals surface area contributed by atoms with E-state index in [1.165, 1.54) is 0 Å². The first-order valence-corrected chi connectivity index (χ1v) is 8.63. The third kappa shape index (κ3) is 2.47. The molecule has 1 aromatic heterocycles. The van der Waals surface area contributed by atoms with E-state index < -0.39 is 10.0 Å². The summed E-state index contributed by atoms with van der Waals surface area (Å²) in [5, 5.41) is 9.94. The van der Waals surface area contributed by atoms with E-state index in [0.29, 0.717) is 18.0 Å². The fraction of sp³-hybridized carbons (Fsp3) is 0.467. The molecule has 0 spiro atoms. The lowest BCUT2D eigenvalue weighted by Crippen LogP contribution is -2.39. The molecular weight excluding hydrogens is 288 g/mol. The molecule has 0 aliphatic carbocycles. The Kier molecular flexibility index (Phi) is 3.77. The van der Waals surface area contributed by atoms with Gasteiger partial charge < -0.3 is 9.67 Å². The smallest absolute Gasteiger partial charge is 0.245 e. The molecule has 0 amide bonds. The minimum Gasteiger partial charge on any atom is -0.396 e. The Hall–Kier alpha value is -1.37. The molecule has 2 heterocycles. The highest BCUT2D eigenvalue weighted by Crippen LogP contribution is 2.29. The third-order valence-electron chi connectivity index (χ3n) is 4.31. The van der Waals surface area contributed by atoms with Crippen LogP contribution in [0.5, 0.6) is 0 Å². The molecule has 1 aliphatic rings. The van der Waals surface area contributed by atoms with Crippen molar-refractivity contribution < 1.29 is 13.5 Å². The summed E-state index contributed by atoms with van der Waals surface area (Å²) in [7, 11) is -1.61. The van der Waals surface area contributed by atoms with Gasteiger partial charge in [-0.15, -0.1) is 0 Å². The molecule has 1 aromatic carbocycles. The molecule has 0 unspecified atom stereocenters. The summed E-state index contributed by atoms with van der Waals surface area (Å²) < 4.78 is 29.1. The Morgan fingerprint density at radius 2 is 1.90 bits per heavy atom. The molecule has 1 aliphatic heterocycles. The fourth-order valence-corrected chi connectivity index (χ4v) is 4.69. The first kappa shape index (κ1) is 14.6. The average Bonchev–Trinajstić information content (AvgIpc) is 2.86. The van der Waals surface area contributed by atoms with Crippen LogP contribution in [0.15, 0.2) is 35.4 Å². The van der Waals surface area contributed by atoms with E-state index >= 15 is 0 Å². The second kappa shape index (κ2) is 5.44. The van der Waals surface area contributed by atoms with Crippen molar-refractivity contribution in [1.82, 2.24) is 8.87 Å². The van der Waals surface area contributed by atoms with Crippen molar-refractivity contribution in [1.29, 1.82) is 0 Å². The van der Waals surface area contributed by atoms with E-state index in [-0.39, 0.29) is 12.5 Å². The number of rotatable bonds is 3. The van der Waals surface area contributed by atoms with Gasteiger partial charge in [0, 0.05) is 43.8 Å². The normalized spacial score (nSPS) is 18.4. The highest BCUT2D eigenvalue weighted by Gasteiger charge is 2.31. The van der Waals surface area contributed by atoms with Crippen LogP contribution in [0, 0.1) is 5.92 Å². The molecule has 1 N–H and O–H groups in total. The number of hydrogen-bond acceptors (Lipinski definition) is 3. The number of aliphatic hydroxyl groups is 1. The molecule has 0 bridgehead atoms. The number of para-hydroxylation sites is 1. The maximum absolute atomic E-state index is 12.9. The molecule has 114 valence electrons. The van der Waals surface area contributed by atoms with Crippen LogP contribution in [0.25, 0.3) is 10.9 Å². The van der Waals surface area contributed by atoms with Crippen LogP contribution in [0.2, 0.25) is 0 Å². The van der Waals surface area contributed by atoms with Crippen LogP contribution in [-0.4, -0.2) is 42.1 Å². The van der Waals surface area contributed by atoms with Gasteiger partial charge in [0.05, 0.1) is 0 Å². The molecular formula is C15H20N2O3S. The lowest BCUT2D eigenvalue weighted by atomic mass is 10.00. The van der Waals surface area contributed by atoms with Gasteiger partial charge in [-0.1, -0.05) is 18.2 Å². The number of piperidine rings is 1. The monoisotopic (exact) mass is 308 g/mol. The number of fused-ring (bicyclic) bond motifs is 1. The Morgan fingerprint density at radius 3 is 2.57 bits per heavy atom. The lowest BCUT2D eigenvalue weighted by Gasteiger charge is -2.30. The lowest BCUT2D eigenvalue weighted by molar-refractivity contribution is 0.170. The van der Waals surface area contributed by atoms with Crippen molar-refractivity contribution in [3.05, 3.63) is 30.5 Å². The van der Waals surface area contributed by atoms with Crippen molar-refractivity contribution in [3.63, 3.8) is 0 Å². The van der Waals surface area contributed by atoms with Crippen LogP contribution < -0.4 is 0 Å². The minimum atomic E-state index is -3.47. The number of aryl methyl sites for hydroxylation is 1. The third-order valence-corrected chi connectivity index (χ3v) is 6.24. The van der Waals surface area contributed by atoms with Crippen LogP contribution in [0.1, 0.15) is 12.8 Å². The zero-order valence-electron chi connectivity index (χ0n) is 12.1. The summed E-state index contributed by atoms with van der Waals surface area (Å²) in [6.07, 6.45) is 3.14. The molecule has 1 fully saturated rings. The number of aliphatic hydroxyl groups excluding tert-OH is 1. The van der Waals surface area contributed by atoms with E-state index in [4.69, 9.17) is 0 Å². The van der Waals surface area contributed by atoms with E-state index in [9.17, 15) is 13.5 Å². The summed E-state index contributed by atoms with van der Waals surface area (Å²) >= 11 is 0. The van der Waals surface area contributed by atoms with E-state index in [0.717, 1.165) is 23.7 Å². The topological polar surface area (TPSA) is 62.5 Å². The maximum Gasteiger partial charge on any atom is 0.245 e. The highest BCUT2D eigenvalue weighted by molar-refractivity contribution is 7.89. The second-order valence-electron chi connectivity index (χ2n) is 5.65. The Bertz CT molecular complexity index is 743. The van der Waals surface area contributed by atoms with Crippen LogP contribution in [-0.2, 0) is 17.1 Å². The number of nitrogens with zero attached hydrogens (tertiary/aromatic N) is 2. The van der Waals surface area contributed by atoms with Crippen molar-refractivity contribution in [2.75, 3.05) is 19.7 Å². The number of hydrogen-bond donors (Lipinski definition) is 1. The van der Waals surface area contributed by atoms with Gasteiger partial charge in [0.15, 0.2) is 0 Å². The van der Waals surface area contributed by atoms with Gasteiger partial charge in [-0.05, 0) is 24.8 Å². The fourth-order valence-electron chi connectivity index (χ4n) is 2.98. The van der Waals surface area contributed by atoms with Gasteiger partial charge in [-0.3, -0.25) is 0 Å². The van der Waals surface area contributed by atoms with Gasteiger partial charge in [-0.2, -0.15) is 4.31 Å². The standard InChI is InChI=1S/C15H20N2O3S/c1-16-10-15(13-4-2-3-5-14(13)16)21(19,20)17-8-6-12(11-18)7-9-17/h2-5,10,12,18H,6-9,11H2,1H3. The highest BCUT2D eigenvalue weighted by atomic mass is 32.2. The van der Waals surface area contributed by atoms with Gasteiger partial charge in [-0.25, -0.2) is 8.42 Å². The van der Waals surface area contributed by atoms with E-state index in [2.05, 4.69) is 0 Å². The molecule has 6 heteroatoms. The molecule has 5 nitrogen and oxygen atoms in total. The number of benzene rings is 1. The van der Waals surface area contributed by atoms with Crippen molar-refractivity contribution in [2.45, 2.75) is 17.7 Å². The minimum absolute atomic E-state index is 0.141.